The molecule has 2 fully saturated rings. The molecule has 154 valence electrons. The molecule has 0 atom stereocenters. The van der Waals surface area contributed by atoms with Crippen LogP contribution < -0.4 is 10.6 Å². The minimum Gasteiger partial charge on any atom is -0.381 e. The van der Waals surface area contributed by atoms with Crippen LogP contribution in [-0.2, 0) is 9.47 Å². The second-order valence-electron chi connectivity index (χ2n) is 7.57. The van der Waals surface area contributed by atoms with Crippen molar-refractivity contribution in [1.29, 1.82) is 0 Å². The molecule has 1 aliphatic carbocycles. The quantitative estimate of drug-likeness (QED) is 0.192. The van der Waals surface area contributed by atoms with Crippen LogP contribution in [0.3, 0.4) is 0 Å². The summed E-state index contributed by atoms with van der Waals surface area (Å²) >= 11 is 0. The maximum Gasteiger partial charge on any atom is 0.191 e. The van der Waals surface area contributed by atoms with Crippen LogP contribution in [0.4, 0.5) is 0 Å². The fourth-order valence-electron chi connectivity index (χ4n) is 3.81. The minimum absolute atomic E-state index is 0. The monoisotopic (exact) mass is 482 g/mol. The van der Waals surface area contributed by atoms with Gasteiger partial charge in [-0.1, -0.05) is 25.7 Å². The van der Waals surface area contributed by atoms with Crippen molar-refractivity contribution in [3.05, 3.63) is 0 Å². The fourth-order valence-corrected chi connectivity index (χ4v) is 3.81. The standard InChI is InChI=1S/C19H38N4O2.HI/c1-20-18(21-12-15-25-17-8-6-4-5-7-9-17)22-16-19(23(2)3)10-13-24-14-11-19;/h17H,4-16H2,1-3H3,(H2,20,21,22);1H. The Balaban J connectivity index is 0.00000338. The number of aliphatic imine (C=N–C) groups is 1. The Morgan fingerprint density at radius 3 is 2.35 bits per heavy atom. The Labute approximate surface area is 176 Å². The number of rotatable bonds is 7. The second kappa shape index (κ2) is 13.1. The molecular weight excluding hydrogens is 443 g/mol. The predicted octanol–water partition coefficient (Wildman–Crippen LogP) is 2.62. The molecule has 1 heterocycles. The third-order valence-electron chi connectivity index (χ3n) is 5.73. The van der Waals surface area contributed by atoms with Crippen molar-refractivity contribution in [1.82, 2.24) is 15.5 Å². The summed E-state index contributed by atoms with van der Waals surface area (Å²) in [6.45, 7) is 4.10. The van der Waals surface area contributed by atoms with E-state index in [1.54, 1.807) is 0 Å². The van der Waals surface area contributed by atoms with E-state index in [1.165, 1.54) is 38.5 Å². The van der Waals surface area contributed by atoms with Crippen molar-refractivity contribution in [2.24, 2.45) is 4.99 Å². The Hall–Kier alpha value is -0.120. The average Bonchev–Trinajstić information content (AvgIpc) is 2.90. The van der Waals surface area contributed by atoms with Crippen LogP contribution in [0.5, 0.6) is 0 Å². The van der Waals surface area contributed by atoms with Gasteiger partial charge >= 0.3 is 0 Å². The third kappa shape index (κ3) is 7.86. The lowest BCUT2D eigenvalue weighted by atomic mass is 9.88. The van der Waals surface area contributed by atoms with E-state index in [0.29, 0.717) is 6.10 Å². The minimum atomic E-state index is 0. The number of halogens is 1. The van der Waals surface area contributed by atoms with Crippen molar-refractivity contribution in [3.63, 3.8) is 0 Å². The molecule has 7 heteroatoms. The normalized spacial score (nSPS) is 21.8. The SMILES string of the molecule is CN=C(NCCOC1CCCCCC1)NCC1(N(C)C)CCOCC1.I. The summed E-state index contributed by atoms with van der Waals surface area (Å²) in [6.07, 6.45) is 10.4. The highest BCUT2D eigenvalue weighted by atomic mass is 127. The van der Waals surface area contributed by atoms with Gasteiger partial charge in [0, 0.05) is 38.9 Å². The van der Waals surface area contributed by atoms with Crippen LogP contribution in [0.2, 0.25) is 0 Å². The van der Waals surface area contributed by atoms with Gasteiger partial charge in [-0.3, -0.25) is 4.99 Å². The van der Waals surface area contributed by atoms with Crippen LogP contribution >= 0.6 is 24.0 Å². The molecule has 0 aromatic carbocycles. The van der Waals surface area contributed by atoms with Crippen LogP contribution in [-0.4, -0.2) is 76.6 Å². The molecule has 26 heavy (non-hydrogen) atoms. The number of hydrogen-bond acceptors (Lipinski definition) is 4. The summed E-state index contributed by atoms with van der Waals surface area (Å²) in [5.41, 5.74) is 0.146. The lowest BCUT2D eigenvalue weighted by Crippen LogP contribution is -2.57. The molecule has 0 aromatic heterocycles. The lowest BCUT2D eigenvalue weighted by molar-refractivity contribution is -0.00503. The van der Waals surface area contributed by atoms with Gasteiger partial charge < -0.3 is 25.0 Å². The van der Waals surface area contributed by atoms with E-state index in [1.807, 2.05) is 7.05 Å². The van der Waals surface area contributed by atoms with Gasteiger partial charge in [0.15, 0.2) is 5.96 Å². The predicted molar refractivity (Wildman–Crippen MR) is 119 cm³/mol. The largest absolute Gasteiger partial charge is 0.381 e. The second-order valence-corrected chi connectivity index (χ2v) is 7.57. The van der Waals surface area contributed by atoms with E-state index in [-0.39, 0.29) is 29.5 Å². The van der Waals surface area contributed by atoms with E-state index >= 15 is 0 Å². The molecule has 1 saturated heterocycles. The summed E-state index contributed by atoms with van der Waals surface area (Å²) in [7, 11) is 6.14. The van der Waals surface area contributed by atoms with Gasteiger partial charge in [-0.25, -0.2) is 0 Å². The zero-order valence-electron chi connectivity index (χ0n) is 16.9. The van der Waals surface area contributed by atoms with Gasteiger partial charge in [0.1, 0.15) is 0 Å². The molecule has 2 N–H and O–H groups in total. The average molecular weight is 482 g/mol. The van der Waals surface area contributed by atoms with Crippen molar-refractivity contribution < 1.29 is 9.47 Å². The first kappa shape index (κ1) is 23.9. The Bertz CT molecular complexity index is 393. The van der Waals surface area contributed by atoms with Gasteiger partial charge in [-0.15, -0.1) is 24.0 Å². The zero-order chi connectivity index (χ0) is 18.0. The summed E-state index contributed by atoms with van der Waals surface area (Å²) in [4.78, 5) is 6.68. The molecule has 1 aliphatic heterocycles. The Kier molecular flexibility index (Phi) is 12.1. The molecule has 0 amide bonds. The maximum atomic E-state index is 6.04. The molecule has 1 saturated carbocycles. The van der Waals surface area contributed by atoms with Crippen LogP contribution in [0.1, 0.15) is 51.4 Å². The first-order valence-corrected chi connectivity index (χ1v) is 9.97. The van der Waals surface area contributed by atoms with Gasteiger partial charge in [0.25, 0.3) is 0 Å². The van der Waals surface area contributed by atoms with Gasteiger partial charge in [0.05, 0.1) is 12.7 Å². The van der Waals surface area contributed by atoms with Crippen molar-refractivity contribution in [2.45, 2.75) is 63.0 Å². The highest BCUT2D eigenvalue weighted by molar-refractivity contribution is 14.0. The number of nitrogens with one attached hydrogen (secondary N) is 2. The fraction of sp³-hybridized carbons (Fsp3) is 0.947. The summed E-state index contributed by atoms with van der Waals surface area (Å²) in [6, 6.07) is 0. The van der Waals surface area contributed by atoms with E-state index < -0.39 is 0 Å². The van der Waals surface area contributed by atoms with Crippen molar-refractivity contribution in [2.75, 3.05) is 54.1 Å². The lowest BCUT2D eigenvalue weighted by Gasteiger charge is -2.43. The number of likely N-dealkylation sites (N-methyl/N-ethyl adjacent to an activating group) is 1. The summed E-state index contributed by atoms with van der Waals surface area (Å²) in [5.74, 6) is 0.859. The van der Waals surface area contributed by atoms with Gasteiger partial charge in [-0.05, 0) is 39.8 Å². The third-order valence-corrected chi connectivity index (χ3v) is 5.73. The summed E-state index contributed by atoms with van der Waals surface area (Å²) in [5, 5.41) is 6.88. The molecule has 0 aromatic rings. The van der Waals surface area contributed by atoms with Crippen LogP contribution in [0.25, 0.3) is 0 Å². The highest BCUT2D eigenvalue weighted by Gasteiger charge is 2.34. The van der Waals surface area contributed by atoms with E-state index in [0.717, 1.165) is 51.7 Å². The first-order valence-electron chi connectivity index (χ1n) is 9.97. The molecular formula is C19H39IN4O2. The summed E-state index contributed by atoms with van der Waals surface area (Å²) < 4.78 is 11.6. The maximum absolute atomic E-state index is 6.04. The molecule has 2 rings (SSSR count). The smallest absolute Gasteiger partial charge is 0.191 e. The number of guanidine groups is 1. The van der Waals surface area contributed by atoms with Gasteiger partial charge in [0.2, 0.25) is 0 Å². The Morgan fingerprint density at radius 2 is 1.77 bits per heavy atom. The van der Waals surface area contributed by atoms with E-state index in [9.17, 15) is 0 Å². The van der Waals surface area contributed by atoms with Crippen LogP contribution in [0.15, 0.2) is 4.99 Å². The molecule has 6 nitrogen and oxygen atoms in total. The molecule has 0 radical (unpaired) electrons. The van der Waals surface area contributed by atoms with E-state index in [4.69, 9.17) is 9.47 Å². The molecule has 0 bridgehead atoms. The topological polar surface area (TPSA) is 58.1 Å². The number of ether oxygens (including phenoxy) is 2. The first-order chi connectivity index (χ1) is 12.2. The van der Waals surface area contributed by atoms with Gasteiger partial charge in [-0.2, -0.15) is 0 Å². The Morgan fingerprint density at radius 1 is 1.12 bits per heavy atom. The van der Waals surface area contributed by atoms with Crippen molar-refractivity contribution in [3.8, 4) is 0 Å². The molecule has 2 aliphatic rings. The molecule has 0 unspecified atom stereocenters. The number of nitrogens with zero attached hydrogens (tertiary/aromatic N) is 2. The molecule has 0 spiro atoms. The zero-order valence-corrected chi connectivity index (χ0v) is 19.2. The van der Waals surface area contributed by atoms with Crippen LogP contribution in [0, 0.1) is 0 Å². The highest BCUT2D eigenvalue weighted by Crippen LogP contribution is 2.25. The van der Waals surface area contributed by atoms with E-state index in [2.05, 4.69) is 34.6 Å². The van der Waals surface area contributed by atoms with Crippen molar-refractivity contribution >= 4 is 29.9 Å². The number of hydrogen-bond donors (Lipinski definition) is 2.